The second-order valence-electron chi connectivity index (χ2n) is 8.89. The van der Waals surface area contributed by atoms with E-state index in [1.54, 1.807) is 0 Å². The highest BCUT2D eigenvalue weighted by atomic mass is 16.3. The summed E-state index contributed by atoms with van der Waals surface area (Å²) in [5.74, 6) is 2.88. The number of hydrogen-bond acceptors (Lipinski definition) is 1. The molecule has 0 saturated heterocycles. The molecule has 0 bridgehead atoms. The van der Waals surface area contributed by atoms with Gasteiger partial charge in [-0.15, -0.1) is 0 Å². The van der Waals surface area contributed by atoms with E-state index in [0.717, 1.165) is 5.39 Å². The normalized spacial score (nSPS) is 21.9. The molecule has 0 amide bonds. The van der Waals surface area contributed by atoms with Gasteiger partial charge in [-0.3, -0.25) is 0 Å². The van der Waals surface area contributed by atoms with Gasteiger partial charge in [-0.1, -0.05) is 110 Å². The molecule has 0 aliphatic heterocycles. The van der Waals surface area contributed by atoms with E-state index in [0.29, 0.717) is 29.4 Å². The predicted molar refractivity (Wildman–Crippen MR) is 141 cm³/mol. The maximum absolute atomic E-state index is 9.82. The molecule has 0 fully saturated rings. The minimum absolute atomic E-state index is 0. The van der Waals surface area contributed by atoms with Crippen molar-refractivity contribution >= 4 is 21.5 Å². The van der Waals surface area contributed by atoms with Crippen LogP contribution in [0.25, 0.3) is 21.5 Å². The van der Waals surface area contributed by atoms with Crippen LogP contribution >= 0.6 is 0 Å². The monoisotopic (exact) mass is 426 g/mol. The van der Waals surface area contributed by atoms with Crippen LogP contribution in [0.5, 0.6) is 5.75 Å². The van der Waals surface area contributed by atoms with Crippen molar-refractivity contribution in [2.75, 3.05) is 0 Å². The smallest absolute Gasteiger partial charge is 0.123 e. The van der Waals surface area contributed by atoms with Gasteiger partial charge in [0.05, 0.1) is 0 Å². The molecule has 0 aromatic heterocycles. The molecule has 4 atom stereocenters. The molecule has 2 aliphatic carbocycles. The summed E-state index contributed by atoms with van der Waals surface area (Å²) in [6.07, 6.45) is 0. The van der Waals surface area contributed by atoms with Crippen LogP contribution in [-0.2, 0) is 0 Å². The number of phenols is 1. The molecule has 4 aromatic rings. The van der Waals surface area contributed by atoms with Crippen molar-refractivity contribution in [2.45, 2.75) is 72.6 Å². The molecule has 1 nitrogen and oxygen atoms in total. The fourth-order valence-corrected chi connectivity index (χ4v) is 5.44. The topological polar surface area (TPSA) is 20.2 Å². The molecule has 0 saturated carbocycles. The number of hydrogen-bond donors (Lipinski definition) is 1. The first-order chi connectivity index (χ1) is 15.0. The van der Waals surface area contributed by atoms with Gasteiger partial charge in [0, 0.05) is 5.39 Å². The van der Waals surface area contributed by atoms with Crippen LogP contribution in [0.3, 0.4) is 0 Å². The predicted octanol–water partition coefficient (Wildman–Crippen LogP) is 9.49. The third kappa shape index (κ3) is 3.58. The fourth-order valence-electron chi connectivity index (χ4n) is 5.44. The van der Waals surface area contributed by atoms with E-state index in [9.17, 15) is 5.11 Å². The number of phenolic OH excluding ortho intramolecular Hbond substituents is 1. The number of aromatic hydroxyl groups is 1. The van der Waals surface area contributed by atoms with E-state index < -0.39 is 0 Å². The molecule has 32 heavy (non-hydrogen) atoms. The average Bonchev–Trinajstić information content (AvgIpc) is 3.21. The van der Waals surface area contributed by atoms with Gasteiger partial charge in [-0.25, -0.2) is 0 Å². The Hall–Kier alpha value is -2.80. The van der Waals surface area contributed by atoms with Crippen LogP contribution in [0.4, 0.5) is 0 Å². The van der Waals surface area contributed by atoms with E-state index in [1.165, 1.54) is 38.4 Å². The van der Waals surface area contributed by atoms with Gasteiger partial charge in [0.2, 0.25) is 0 Å². The van der Waals surface area contributed by atoms with Gasteiger partial charge in [-0.05, 0) is 68.2 Å². The largest absolute Gasteiger partial charge is 0.507 e. The molecule has 6 rings (SSSR count). The zero-order valence-electron chi connectivity index (χ0n) is 19.6. The summed E-state index contributed by atoms with van der Waals surface area (Å²) in [6, 6.07) is 23.4. The van der Waals surface area contributed by atoms with Gasteiger partial charge in [0.1, 0.15) is 5.75 Å². The third-order valence-electron chi connectivity index (χ3n) is 7.51. The quantitative estimate of drug-likeness (QED) is 0.297. The van der Waals surface area contributed by atoms with Gasteiger partial charge >= 0.3 is 0 Å². The molecule has 0 heterocycles. The molecule has 0 spiro atoms. The summed E-state index contributed by atoms with van der Waals surface area (Å²) in [6.45, 7) is 13.2. The summed E-state index contributed by atoms with van der Waals surface area (Å²) in [4.78, 5) is 0. The highest BCUT2D eigenvalue weighted by molar-refractivity contribution is 5.96. The summed E-state index contributed by atoms with van der Waals surface area (Å²) in [7, 11) is 0. The highest BCUT2D eigenvalue weighted by Gasteiger charge is 2.28. The van der Waals surface area contributed by atoms with Gasteiger partial charge in [-0.2, -0.15) is 0 Å². The first-order valence-electron chi connectivity index (χ1n) is 11.7. The first-order valence-corrected chi connectivity index (χ1v) is 11.7. The molecular formula is C31H38O. The van der Waals surface area contributed by atoms with Crippen molar-refractivity contribution in [1.29, 1.82) is 0 Å². The SMILES string of the molecule is C.CC.CC1c2cccc3c(O)ccc(c23)C1C.CC1c2cccc3cccc(c23)C1C. The van der Waals surface area contributed by atoms with Crippen molar-refractivity contribution in [3.8, 4) is 5.75 Å². The fraction of sp³-hybridized carbons (Fsp3) is 0.355. The molecule has 0 radical (unpaired) electrons. The maximum Gasteiger partial charge on any atom is 0.123 e. The van der Waals surface area contributed by atoms with Crippen molar-refractivity contribution in [3.63, 3.8) is 0 Å². The van der Waals surface area contributed by atoms with Crippen LogP contribution in [0, 0.1) is 0 Å². The summed E-state index contributed by atoms with van der Waals surface area (Å²) >= 11 is 0. The third-order valence-corrected chi connectivity index (χ3v) is 7.51. The number of rotatable bonds is 0. The lowest BCUT2D eigenvalue weighted by molar-refractivity contribution is 0.481. The summed E-state index contributed by atoms with van der Waals surface area (Å²) < 4.78 is 0. The Kier molecular flexibility index (Phi) is 6.98. The molecule has 1 heteroatoms. The van der Waals surface area contributed by atoms with Crippen LogP contribution in [0.2, 0.25) is 0 Å². The second kappa shape index (κ2) is 9.36. The van der Waals surface area contributed by atoms with E-state index in [1.807, 2.05) is 32.0 Å². The average molecular weight is 427 g/mol. The van der Waals surface area contributed by atoms with E-state index in [2.05, 4.69) is 76.2 Å². The Morgan fingerprint density at radius 3 is 1.44 bits per heavy atom. The van der Waals surface area contributed by atoms with E-state index in [-0.39, 0.29) is 7.43 Å². The Balaban J connectivity index is 0.000000163. The molecular weight excluding hydrogens is 388 g/mol. The lowest BCUT2D eigenvalue weighted by Crippen LogP contribution is -1.95. The van der Waals surface area contributed by atoms with Gasteiger partial charge in [0.25, 0.3) is 0 Å². The second-order valence-corrected chi connectivity index (χ2v) is 8.89. The molecule has 168 valence electrons. The molecule has 1 N–H and O–H groups in total. The van der Waals surface area contributed by atoms with E-state index in [4.69, 9.17) is 0 Å². The Morgan fingerprint density at radius 1 is 0.531 bits per heavy atom. The molecule has 4 unspecified atom stereocenters. The first kappa shape index (κ1) is 23.9. The maximum atomic E-state index is 9.82. The highest BCUT2D eigenvalue weighted by Crippen LogP contribution is 2.48. The van der Waals surface area contributed by atoms with Crippen LogP contribution in [0.15, 0.2) is 66.7 Å². The zero-order valence-corrected chi connectivity index (χ0v) is 19.6. The van der Waals surface area contributed by atoms with Crippen LogP contribution < -0.4 is 0 Å². The summed E-state index contributed by atoms with van der Waals surface area (Å²) in [5.41, 5.74) is 5.83. The van der Waals surface area contributed by atoms with Crippen molar-refractivity contribution in [3.05, 3.63) is 89.0 Å². The molecule has 4 aromatic carbocycles. The van der Waals surface area contributed by atoms with Crippen LogP contribution in [0.1, 0.15) is 94.9 Å². The number of benzene rings is 4. The van der Waals surface area contributed by atoms with Crippen LogP contribution in [-0.4, -0.2) is 5.11 Å². The zero-order chi connectivity index (χ0) is 22.3. The minimum atomic E-state index is 0. The standard InChI is InChI=1S/C14H14O.C14H14.C2H6.CH4/c1-8-9(2)11-6-7-13(15)12-5-3-4-10(8)14(11)12;1-9-10(2)13-8-4-6-11-5-3-7-12(9)14(11)13;1-2;/h3-9,15H,1-2H3;3-10H,1-2H3;1-2H3;1H4. The van der Waals surface area contributed by atoms with Crippen molar-refractivity contribution in [1.82, 2.24) is 0 Å². The van der Waals surface area contributed by atoms with Crippen molar-refractivity contribution in [2.24, 2.45) is 0 Å². The minimum Gasteiger partial charge on any atom is -0.507 e. The Morgan fingerprint density at radius 2 is 0.938 bits per heavy atom. The summed E-state index contributed by atoms with van der Waals surface area (Å²) in [5, 5.41) is 15.0. The van der Waals surface area contributed by atoms with Gasteiger partial charge < -0.3 is 5.11 Å². The van der Waals surface area contributed by atoms with E-state index >= 15 is 0 Å². The Labute approximate surface area is 194 Å². The van der Waals surface area contributed by atoms with Gasteiger partial charge in [0.15, 0.2) is 0 Å². The molecule has 2 aliphatic rings. The van der Waals surface area contributed by atoms with Crippen molar-refractivity contribution < 1.29 is 5.11 Å². The lowest BCUT2D eigenvalue weighted by Gasteiger charge is -2.10. The lowest BCUT2D eigenvalue weighted by atomic mass is 9.94. The Bertz CT molecular complexity index is 1180.